The number of para-hydroxylation sites is 1. The van der Waals surface area contributed by atoms with Gasteiger partial charge in [-0.05, 0) is 63.5 Å². The van der Waals surface area contributed by atoms with E-state index < -0.39 is 0 Å². The van der Waals surface area contributed by atoms with E-state index in [1.54, 1.807) is 0 Å². The van der Waals surface area contributed by atoms with Gasteiger partial charge in [-0.25, -0.2) is 4.98 Å². The van der Waals surface area contributed by atoms with Gasteiger partial charge in [0.25, 0.3) is 0 Å². The number of hydrogen-bond acceptors (Lipinski definition) is 7. The molecule has 0 amide bonds. The Balaban J connectivity index is 1.37. The van der Waals surface area contributed by atoms with Crippen LogP contribution in [0.15, 0.2) is 24.3 Å². The average molecular weight is 431 g/mol. The van der Waals surface area contributed by atoms with Crippen molar-refractivity contribution in [3.63, 3.8) is 0 Å². The number of piperidine rings is 2. The van der Waals surface area contributed by atoms with Crippen LogP contribution in [-0.4, -0.2) is 38.3 Å². The zero-order chi connectivity index (χ0) is 22.1. The summed E-state index contributed by atoms with van der Waals surface area (Å²) in [6.07, 6.45) is 6.10. The maximum Gasteiger partial charge on any atom is 0.225 e. The van der Waals surface area contributed by atoms with Crippen molar-refractivity contribution in [1.29, 1.82) is 5.26 Å². The van der Waals surface area contributed by atoms with Crippen molar-refractivity contribution in [2.45, 2.75) is 70.5 Å². The van der Waals surface area contributed by atoms with Gasteiger partial charge in [0.2, 0.25) is 5.95 Å². The fraction of sp³-hybridized carbons (Fsp3) is 0.500. The maximum atomic E-state index is 8.92. The van der Waals surface area contributed by atoms with Gasteiger partial charge in [-0.15, -0.1) is 0 Å². The second kappa shape index (κ2) is 8.75. The summed E-state index contributed by atoms with van der Waals surface area (Å²) in [5, 5.41) is 28.0. The summed E-state index contributed by atoms with van der Waals surface area (Å²) in [6.45, 7) is 4.06. The Morgan fingerprint density at radius 3 is 2.66 bits per heavy atom. The van der Waals surface area contributed by atoms with Crippen LogP contribution in [0.5, 0.6) is 0 Å². The minimum Gasteiger partial charge on any atom is -0.351 e. The monoisotopic (exact) mass is 430 g/mol. The molecule has 2 aromatic heterocycles. The average Bonchev–Trinajstić information content (AvgIpc) is 3.17. The largest absolute Gasteiger partial charge is 0.351 e. The van der Waals surface area contributed by atoms with Gasteiger partial charge in [-0.1, -0.05) is 12.1 Å². The number of anilines is 3. The van der Waals surface area contributed by atoms with Crippen molar-refractivity contribution in [3.8, 4) is 6.07 Å². The lowest BCUT2D eigenvalue weighted by atomic mass is 9.77. The normalized spacial score (nSPS) is 24.8. The van der Waals surface area contributed by atoms with Crippen molar-refractivity contribution in [2.24, 2.45) is 5.92 Å². The zero-order valence-electron chi connectivity index (χ0n) is 18.7. The summed E-state index contributed by atoms with van der Waals surface area (Å²) in [4.78, 5) is 9.73. The summed E-state index contributed by atoms with van der Waals surface area (Å²) in [5.74, 6) is 2.83. The number of H-pyrrole nitrogens is 1. The number of aromatic amines is 1. The summed E-state index contributed by atoms with van der Waals surface area (Å²) < 4.78 is 0. The van der Waals surface area contributed by atoms with E-state index in [-0.39, 0.29) is 0 Å². The molecule has 0 aliphatic carbocycles. The molecule has 8 heteroatoms. The number of nitrogens with one attached hydrogen (secondary N) is 4. The molecule has 2 aliphatic heterocycles. The molecule has 32 heavy (non-hydrogen) atoms. The van der Waals surface area contributed by atoms with Crippen LogP contribution in [0.3, 0.4) is 0 Å². The third-order valence-corrected chi connectivity index (χ3v) is 6.72. The molecule has 3 aromatic rings. The van der Waals surface area contributed by atoms with Crippen LogP contribution in [-0.2, 0) is 0 Å². The molecule has 2 unspecified atom stereocenters. The number of fused-ring (bicyclic) bond motifs is 3. The smallest absolute Gasteiger partial charge is 0.225 e. The molecule has 2 saturated heterocycles. The third-order valence-electron chi connectivity index (χ3n) is 6.72. The van der Waals surface area contributed by atoms with Gasteiger partial charge in [0.15, 0.2) is 5.82 Å². The lowest BCUT2D eigenvalue weighted by Gasteiger charge is -2.43. The molecule has 2 bridgehead atoms. The molecule has 2 aliphatic rings. The van der Waals surface area contributed by atoms with E-state index in [2.05, 4.69) is 45.2 Å². The summed E-state index contributed by atoms with van der Waals surface area (Å²) >= 11 is 0. The maximum absolute atomic E-state index is 8.92. The number of aromatic nitrogens is 4. The van der Waals surface area contributed by atoms with E-state index in [0.717, 1.165) is 65.9 Å². The van der Waals surface area contributed by atoms with Crippen LogP contribution in [0.1, 0.15) is 49.8 Å². The fourth-order valence-corrected chi connectivity index (χ4v) is 5.35. The predicted molar refractivity (Wildman–Crippen MR) is 126 cm³/mol. The molecule has 4 N–H and O–H groups in total. The van der Waals surface area contributed by atoms with Gasteiger partial charge in [-0.3, -0.25) is 5.10 Å². The SMILES string of the molecule is Cc1cc(Nc2nc(NC3CC4CC(CCC#N)CC(C3)N4)nc3c(C)cccc23)n[nH]1. The minimum atomic E-state index is 0.338. The second-order valence-corrected chi connectivity index (χ2v) is 9.34. The molecule has 1 aromatic carbocycles. The highest BCUT2D eigenvalue weighted by atomic mass is 15.2. The van der Waals surface area contributed by atoms with Crippen molar-refractivity contribution in [2.75, 3.05) is 10.6 Å². The Labute approximate surface area is 188 Å². The molecule has 166 valence electrons. The molecule has 0 spiro atoms. The molecule has 0 radical (unpaired) electrons. The van der Waals surface area contributed by atoms with Crippen LogP contribution in [0.2, 0.25) is 0 Å². The van der Waals surface area contributed by atoms with Crippen molar-refractivity contribution >= 4 is 28.5 Å². The number of nitrogens with zero attached hydrogens (tertiary/aromatic N) is 4. The first-order chi connectivity index (χ1) is 15.6. The van der Waals surface area contributed by atoms with Gasteiger partial charge in [0.05, 0.1) is 11.6 Å². The highest BCUT2D eigenvalue weighted by Gasteiger charge is 2.35. The minimum absolute atomic E-state index is 0.338. The first-order valence-corrected chi connectivity index (χ1v) is 11.5. The molecule has 4 heterocycles. The highest BCUT2D eigenvalue weighted by molar-refractivity contribution is 5.93. The van der Waals surface area contributed by atoms with Crippen molar-refractivity contribution < 1.29 is 0 Å². The summed E-state index contributed by atoms with van der Waals surface area (Å²) in [5.41, 5.74) is 3.07. The Morgan fingerprint density at radius 2 is 1.94 bits per heavy atom. The number of benzene rings is 1. The van der Waals surface area contributed by atoms with Gasteiger partial charge < -0.3 is 16.0 Å². The number of hydrogen-bond donors (Lipinski definition) is 4. The lowest BCUT2D eigenvalue weighted by molar-refractivity contribution is 0.171. The number of aryl methyl sites for hydroxylation is 2. The molecule has 5 rings (SSSR count). The first kappa shape index (κ1) is 20.7. The fourth-order valence-electron chi connectivity index (χ4n) is 5.35. The van der Waals surface area contributed by atoms with Crippen molar-refractivity contribution in [3.05, 3.63) is 35.5 Å². The van der Waals surface area contributed by atoms with E-state index in [9.17, 15) is 0 Å². The van der Waals surface area contributed by atoms with E-state index in [4.69, 9.17) is 15.2 Å². The van der Waals surface area contributed by atoms with Crippen molar-refractivity contribution in [1.82, 2.24) is 25.5 Å². The van der Waals surface area contributed by atoms with Crippen LogP contribution in [0.4, 0.5) is 17.6 Å². The van der Waals surface area contributed by atoms with Gasteiger partial charge in [0.1, 0.15) is 5.82 Å². The highest BCUT2D eigenvalue weighted by Crippen LogP contribution is 2.34. The molecule has 2 fully saturated rings. The standard InChI is InChI=1S/C24H30N8/c1-14-5-3-7-20-22(14)29-24(30-23(20)28-21-9-15(2)31-32-21)27-19-12-17-10-16(6-4-8-25)11-18(13-19)26-17/h3,5,7,9,16-19,26H,4,6,10-13H2,1-2H3,(H3,27,28,29,30,31,32). The molecule has 0 saturated carbocycles. The van der Waals surface area contributed by atoms with Crippen LogP contribution < -0.4 is 16.0 Å². The molecule has 8 nitrogen and oxygen atoms in total. The molecule has 2 atom stereocenters. The Kier molecular flexibility index (Phi) is 5.66. The van der Waals surface area contributed by atoms with Crippen LogP contribution in [0.25, 0.3) is 10.9 Å². The van der Waals surface area contributed by atoms with Gasteiger partial charge in [-0.2, -0.15) is 15.3 Å². The van der Waals surface area contributed by atoms with Crippen LogP contribution in [0, 0.1) is 31.1 Å². The third kappa shape index (κ3) is 4.39. The van der Waals surface area contributed by atoms with E-state index in [0.29, 0.717) is 36.4 Å². The predicted octanol–water partition coefficient (Wildman–Crippen LogP) is 4.33. The quantitative estimate of drug-likeness (QED) is 0.460. The van der Waals surface area contributed by atoms with Crippen LogP contribution >= 0.6 is 0 Å². The van der Waals surface area contributed by atoms with Gasteiger partial charge >= 0.3 is 0 Å². The Morgan fingerprint density at radius 1 is 1.12 bits per heavy atom. The van der Waals surface area contributed by atoms with E-state index >= 15 is 0 Å². The summed E-state index contributed by atoms with van der Waals surface area (Å²) in [6, 6.07) is 11.8. The Hall–Kier alpha value is -3.18. The lowest BCUT2D eigenvalue weighted by Crippen LogP contribution is -2.54. The number of rotatable bonds is 6. The molecular formula is C24H30N8. The van der Waals surface area contributed by atoms with Gasteiger partial charge in [0, 0.05) is 41.7 Å². The zero-order valence-corrected chi connectivity index (χ0v) is 18.7. The van der Waals surface area contributed by atoms with E-state index in [1.165, 1.54) is 0 Å². The number of nitriles is 1. The molecular weight excluding hydrogens is 400 g/mol. The first-order valence-electron chi connectivity index (χ1n) is 11.5. The topological polar surface area (TPSA) is 114 Å². The van der Waals surface area contributed by atoms with E-state index in [1.807, 2.05) is 25.1 Å². The Bertz CT molecular complexity index is 1130. The summed E-state index contributed by atoms with van der Waals surface area (Å²) in [7, 11) is 0. The second-order valence-electron chi connectivity index (χ2n) is 9.34.